The summed E-state index contributed by atoms with van der Waals surface area (Å²) >= 11 is 0. The predicted octanol–water partition coefficient (Wildman–Crippen LogP) is 2.15. The van der Waals surface area contributed by atoms with Gasteiger partial charge in [-0.2, -0.15) is 4.98 Å². The first kappa shape index (κ1) is 16.7. The van der Waals surface area contributed by atoms with E-state index in [1.54, 1.807) is 6.07 Å². The second-order valence-electron chi connectivity index (χ2n) is 5.92. The van der Waals surface area contributed by atoms with Crippen molar-refractivity contribution in [1.29, 1.82) is 0 Å². The van der Waals surface area contributed by atoms with Gasteiger partial charge in [0.1, 0.15) is 17.3 Å². The molecule has 0 spiro atoms. The summed E-state index contributed by atoms with van der Waals surface area (Å²) in [6.07, 6.45) is 3.38. The smallest absolute Gasteiger partial charge is 0.245 e. The highest BCUT2D eigenvalue weighted by molar-refractivity contribution is 7.89. The number of nitrogens with zero attached hydrogens (tertiary/aromatic N) is 2. The molecule has 0 unspecified atom stereocenters. The number of rotatable bonds is 8. The first-order chi connectivity index (χ1) is 11.4. The summed E-state index contributed by atoms with van der Waals surface area (Å²) in [7, 11) is -3.22. The van der Waals surface area contributed by atoms with E-state index in [0.29, 0.717) is 24.0 Å². The van der Waals surface area contributed by atoms with Crippen molar-refractivity contribution < 1.29 is 22.1 Å². The van der Waals surface area contributed by atoms with E-state index >= 15 is 0 Å². The molecule has 0 aliphatic heterocycles. The predicted molar refractivity (Wildman–Crippen MR) is 84.8 cm³/mol. The highest BCUT2D eigenvalue weighted by Gasteiger charge is 2.22. The average molecular weight is 355 g/mol. The number of halogens is 1. The van der Waals surface area contributed by atoms with E-state index in [1.807, 2.05) is 0 Å². The minimum absolute atomic E-state index is 0.110. The molecule has 0 radical (unpaired) electrons. The van der Waals surface area contributed by atoms with Gasteiger partial charge in [-0.3, -0.25) is 0 Å². The van der Waals surface area contributed by atoms with Gasteiger partial charge >= 0.3 is 0 Å². The number of benzene rings is 1. The summed E-state index contributed by atoms with van der Waals surface area (Å²) in [4.78, 5) is 4.01. The van der Waals surface area contributed by atoms with Crippen molar-refractivity contribution in [1.82, 2.24) is 10.1 Å². The van der Waals surface area contributed by atoms with Gasteiger partial charge in [-0.1, -0.05) is 5.16 Å². The zero-order chi connectivity index (χ0) is 17.2. The van der Waals surface area contributed by atoms with Gasteiger partial charge in [0.05, 0.1) is 18.8 Å². The van der Waals surface area contributed by atoms with Crippen molar-refractivity contribution >= 4 is 15.5 Å². The zero-order valence-electron chi connectivity index (χ0n) is 13.2. The summed E-state index contributed by atoms with van der Waals surface area (Å²) in [5, 5.41) is 6.66. The monoisotopic (exact) mass is 355 g/mol. The maximum Gasteiger partial charge on any atom is 0.245 e. The quantitative estimate of drug-likeness (QED) is 0.775. The highest BCUT2D eigenvalue weighted by Crippen LogP contribution is 2.32. The molecule has 1 aliphatic carbocycles. The van der Waals surface area contributed by atoms with Crippen molar-refractivity contribution in [2.24, 2.45) is 5.92 Å². The molecule has 1 heterocycles. The average Bonchev–Trinajstić information content (AvgIpc) is 3.23. The Kier molecular flexibility index (Phi) is 4.70. The number of anilines is 1. The van der Waals surface area contributed by atoms with Crippen LogP contribution in [-0.2, 0) is 22.1 Å². The lowest BCUT2D eigenvalue weighted by molar-refractivity contribution is 0.299. The molecule has 1 saturated carbocycles. The third-order valence-corrected chi connectivity index (χ3v) is 4.23. The number of aromatic nitrogens is 2. The van der Waals surface area contributed by atoms with Crippen molar-refractivity contribution in [3.63, 3.8) is 0 Å². The lowest BCUT2D eigenvalue weighted by atomic mass is 10.2. The van der Waals surface area contributed by atoms with Crippen LogP contribution in [-0.4, -0.2) is 31.4 Å². The van der Waals surface area contributed by atoms with Crippen molar-refractivity contribution in [3.8, 4) is 5.75 Å². The van der Waals surface area contributed by atoms with E-state index in [1.165, 1.54) is 12.1 Å². The third-order valence-electron chi connectivity index (χ3n) is 3.45. The second-order valence-corrected chi connectivity index (χ2v) is 8.06. The molecule has 0 saturated heterocycles. The Hall–Kier alpha value is -2.16. The fraction of sp³-hybridized carbons (Fsp3) is 0.467. The molecule has 1 aliphatic rings. The molecular formula is C15H18FN3O4S. The lowest BCUT2D eigenvalue weighted by Gasteiger charge is -2.12. The lowest BCUT2D eigenvalue weighted by Crippen LogP contribution is -2.06. The van der Waals surface area contributed by atoms with E-state index in [-0.39, 0.29) is 29.8 Å². The fourth-order valence-corrected chi connectivity index (χ4v) is 2.67. The van der Waals surface area contributed by atoms with Gasteiger partial charge in [0.2, 0.25) is 5.89 Å². The van der Waals surface area contributed by atoms with Gasteiger partial charge in [-0.15, -0.1) is 0 Å². The maximum atomic E-state index is 13.4. The Morgan fingerprint density at radius 2 is 2.21 bits per heavy atom. The first-order valence-corrected chi connectivity index (χ1v) is 9.60. The van der Waals surface area contributed by atoms with Crippen LogP contribution in [0.1, 0.15) is 24.6 Å². The van der Waals surface area contributed by atoms with Gasteiger partial charge in [0.25, 0.3) is 0 Å². The zero-order valence-corrected chi connectivity index (χ0v) is 14.0. The Morgan fingerprint density at radius 3 is 2.92 bits per heavy atom. The Labute approximate surface area is 139 Å². The minimum atomic E-state index is -3.22. The van der Waals surface area contributed by atoms with Crippen LogP contribution < -0.4 is 10.1 Å². The summed E-state index contributed by atoms with van der Waals surface area (Å²) in [5.74, 6) is 0.681. The molecule has 0 atom stereocenters. The molecule has 1 fully saturated rings. The van der Waals surface area contributed by atoms with Gasteiger partial charge in [-0.25, -0.2) is 12.8 Å². The minimum Gasteiger partial charge on any atom is -0.491 e. The second kappa shape index (κ2) is 6.76. The summed E-state index contributed by atoms with van der Waals surface area (Å²) in [6.45, 7) is 0.749. The summed E-state index contributed by atoms with van der Waals surface area (Å²) in [5.41, 5.74) is 0.611. The van der Waals surface area contributed by atoms with Gasteiger partial charge in [0.15, 0.2) is 15.7 Å². The van der Waals surface area contributed by atoms with E-state index in [2.05, 4.69) is 15.5 Å². The molecule has 7 nitrogen and oxygen atoms in total. The maximum absolute atomic E-state index is 13.4. The van der Waals surface area contributed by atoms with E-state index in [9.17, 15) is 12.8 Å². The Bertz CT molecular complexity index is 818. The van der Waals surface area contributed by atoms with Crippen LogP contribution in [0.2, 0.25) is 0 Å². The van der Waals surface area contributed by atoms with E-state index < -0.39 is 9.84 Å². The molecule has 1 aromatic carbocycles. The summed E-state index contributed by atoms with van der Waals surface area (Å²) < 4.78 is 46.5. The molecule has 3 rings (SSSR count). The van der Waals surface area contributed by atoms with E-state index in [0.717, 1.165) is 19.1 Å². The largest absolute Gasteiger partial charge is 0.491 e. The molecule has 130 valence electrons. The van der Waals surface area contributed by atoms with Gasteiger partial charge < -0.3 is 14.6 Å². The van der Waals surface area contributed by atoms with Crippen molar-refractivity contribution in [2.45, 2.75) is 25.1 Å². The molecule has 0 bridgehead atoms. The van der Waals surface area contributed by atoms with Crippen LogP contribution >= 0.6 is 0 Å². The van der Waals surface area contributed by atoms with Crippen LogP contribution in [0.15, 0.2) is 22.7 Å². The number of sulfone groups is 1. The van der Waals surface area contributed by atoms with Crippen LogP contribution in [0, 0.1) is 11.7 Å². The van der Waals surface area contributed by atoms with Crippen molar-refractivity contribution in [2.75, 3.05) is 18.2 Å². The Balaban J connectivity index is 1.63. The number of ether oxygens (including phenoxy) is 1. The molecule has 2 aromatic rings. The van der Waals surface area contributed by atoms with Crippen LogP contribution in [0.3, 0.4) is 0 Å². The van der Waals surface area contributed by atoms with Crippen LogP contribution in [0.25, 0.3) is 0 Å². The summed E-state index contributed by atoms with van der Waals surface area (Å²) in [6, 6.07) is 4.23. The van der Waals surface area contributed by atoms with Gasteiger partial charge in [0, 0.05) is 12.3 Å². The Morgan fingerprint density at radius 1 is 1.42 bits per heavy atom. The molecule has 1 aromatic heterocycles. The number of hydrogen-bond acceptors (Lipinski definition) is 7. The molecule has 0 amide bonds. The molecule has 24 heavy (non-hydrogen) atoms. The molecule has 9 heteroatoms. The highest BCUT2D eigenvalue weighted by atomic mass is 32.2. The van der Waals surface area contributed by atoms with Crippen LogP contribution in [0.4, 0.5) is 10.1 Å². The SMILES string of the molecule is CS(=O)(=O)Cc1noc(CNc2ccc(F)cc2OCC2CC2)n1. The van der Waals surface area contributed by atoms with E-state index in [4.69, 9.17) is 9.26 Å². The molecule has 1 N–H and O–H groups in total. The first-order valence-electron chi connectivity index (χ1n) is 7.54. The fourth-order valence-electron chi connectivity index (χ4n) is 2.08. The van der Waals surface area contributed by atoms with Crippen molar-refractivity contribution in [3.05, 3.63) is 35.7 Å². The topological polar surface area (TPSA) is 94.3 Å². The number of nitrogens with one attached hydrogen (secondary N) is 1. The molecular weight excluding hydrogens is 337 g/mol. The normalized spacial score (nSPS) is 14.6. The third kappa shape index (κ3) is 4.92. The van der Waals surface area contributed by atoms with Gasteiger partial charge in [-0.05, 0) is 30.9 Å². The van der Waals surface area contributed by atoms with Crippen LogP contribution in [0.5, 0.6) is 5.75 Å². The standard InChI is InChI=1S/C15H18FN3O4S/c1-24(20,21)9-14-18-15(23-19-14)7-17-12-5-4-11(16)6-13(12)22-8-10-2-3-10/h4-6,10,17H,2-3,7-9H2,1H3. The number of hydrogen-bond donors (Lipinski definition) is 1.